The number of hydrogen-bond donors (Lipinski definition) is 0. The highest BCUT2D eigenvalue weighted by Crippen LogP contribution is 2.33. The number of benzene rings is 1. The molecule has 1 unspecified atom stereocenters. The molecule has 0 aromatic heterocycles. The van der Waals surface area contributed by atoms with E-state index in [1.54, 1.807) is 12.7 Å². The summed E-state index contributed by atoms with van der Waals surface area (Å²) in [6.07, 6.45) is 3.43. The molecule has 0 saturated heterocycles. The van der Waals surface area contributed by atoms with Crippen LogP contribution >= 0.6 is 0 Å². The van der Waals surface area contributed by atoms with Crippen LogP contribution in [0.25, 0.3) is 0 Å². The Bertz CT molecular complexity index is 418. The fraction of sp³-hybridized carbons (Fsp3) is 0.467. The van der Waals surface area contributed by atoms with E-state index in [1.807, 2.05) is 0 Å². The molecular weight excluding hydrogens is 196 g/mol. The number of methoxy groups -OCH3 is 1. The lowest BCUT2D eigenvalue weighted by Gasteiger charge is -2.28. The molecule has 1 aliphatic rings. The predicted octanol–water partition coefficient (Wildman–Crippen LogP) is 3.57. The third kappa shape index (κ3) is 1.87. The van der Waals surface area contributed by atoms with E-state index in [2.05, 4.69) is 32.6 Å². The third-order valence-corrected chi connectivity index (χ3v) is 3.81. The summed E-state index contributed by atoms with van der Waals surface area (Å²) in [5.74, 6) is 1.43. The third-order valence-electron chi connectivity index (χ3n) is 3.81. The summed E-state index contributed by atoms with van der Waals surface area (Å²) < 4.78 is 5.28. The van der Waals surface area contributed by atoms with E-state index in [1.165, 1.54) is 23.1 Å². The van der Waals surface area contributed by atoms with Crippen LogP contribution in [-0.2, 0) is 17.6 Å². The van der Waals surface area contributed by atoms with Gasteiger partial charge in [0.25, 0.3) is 0 Å². The van der Waals surface area contributed by atoms with Gasteiger partial charge in [-0.3, -0.25) is 0 Å². The Labute approximate surface area is 98.1 Å². The molecule has 1 aliphatic carbocycles. The van der Waals surface area contributed by atoms with Gasteiger partial charge in [0.2, 0.25) is 0 Å². The molecule has 0 bridgehead atoms. The molecule has 0 saturated carbocycles. The highest BCUT2D eigenvalue weighted by Gasteiger charge is 2.23. The van der Waals surface area contributed by atoms with Gasteiger partial charge in [0, 0.05) is 5.92 Å². The highest BCUT2D eigenvalue weighted by atomic mass is 16.5. The van der Waals surface area contributed by atoms with Crippen LogP contribution in [0.15, 0.2) is 24.5 Å². The van der Waals surface area contributed by atoms with Crippen molar-refractivity contribution in [1.29, 1.82) is 0 Å². The van der Waals surface area contributed by atoms with Gasteiger partial charge in [0.15, 0.2) is 0 Å². The first-order valence-corrected chi connectivity index (χ1v) is 5.94. The molecule has 16 heavy (non-hydrogen) atoms. The van der Waals surface area contributed by atoms with Crippen LogP contribution in [0.3, 0.4) is 0 Å². The van der Waals surface area contributed by atoms with E-state index >= 15 is 0 Å². The van der Waals surface area contributed by atoms with Gasteiger partial charge in [0.05, 0.1) is 12.9 Å². The first kappa shape index (κ1) is 11.3. The molecule has 1 aromatic carbocycles. The second-order valence-electron chi connectivity index (χ2n) is 4.77. The standard InChI is InChI=1S/C15H20O/c1-10-5-6-11(2)15-9-13(12(3)16-4)7-8-14(10)15/h5-6,13H,3,7-9H2,1-2,4H3. The van der Waals surface area contributed by atoms with Crippen molar-refractivity contribution in [3.05, 3.63) is 46.7 Å². The first-order chi connectivity index (χ1) is 7.63. The number of hydrogen-bond acceptors (Lipinski definition) is 1. The van der Waals surface area contributed by atoms with Crippen LogP contribution < -0.4 is 0 Å². The maximum absolute atomic E-state index is 5.28. The lowest BCUT2D eigenvalue weighted by atomic mass is 9.79. The minimum atomic E-state index is 0.498. The summed E-state index contributed by atoms with van der Waals surface area (Å²) in [5.41, 5.74) is 5.92. The molecule has 0 radical (unpaired) electrons. The van der Waals surface area contributed by atoms with Crippen molar-refractivity contribution in [3.8, 4) is 0 Å². The van der Waals surface area contributed by atoms with Gasteiger partial charge in [-0.2, -0.15) is 0 Å². The second kappa shape index (κ2) is 4.32. The molecular formula is C15H20O. The summed E-state index contributed by atoms with van der Waals surface area (Å²) in [6, 6.07) is 4.46. The Morgan fingerprint density at radius 2 is 1.88 bits per heavy atom. The van der Waals surface area contributed by atoms with Crippen molar-refractivity contribution in [2.24, 2.45) is 5.92 Å². The van der Waals surface area contributed by atoms with E-state index in [0.29, 0.717) is 5.92 Å². The maximum Gasteiger partial charge on any atom is 0.0918 e. The van der Waals surface area contributed by atoms with E-state index < -0.39 is 0 Å². The number of allylic oxidation sites excluding steroid dienone is 1. The van der Waals surface area contributed by atoms with E-state index in [4.69, 9.17) is 4.74 Å². The number of fused-ring (bicyclic) bond motifs is 1. The van der Waals surface area contributed by atoms with Crippen LogP contribution in [0.1, 0.15) is 28.7 Å². The zero-order valence-corrected chi connectivity index (χ0v) is 10.5. The van der Waals surface area contributed by atoms with Crippen LogP contribution in [0.2, 0.25) is 0 Å². The Balaban J connectivity index is 2.33. The smallest absolute Gasteiger partial charge is 0.0918 e. The quantitative estimate of drug-likeness (QED) is 0.687. The van der Waals surface area contributed by atoms with E-state index in [-0.39, 0.29) is 0 Å². The monoisotopic (exact) mass is 216 g/mol. The summed E-state index contributed by atoms with van der Waals surface area (Å²) in [4.78, 5) is 0. The highest BCUT2D eigenvalue weighted by molar-refractivity contribution is 5.42. The van der Waals surface area contributed by atoms with E-state index in [9.17, 15) is 0 Å². The SMILES string of the molecule is C=C(OC)C1CCc2c(C)ccc(C)c2C1. The molecule has 0 fully saturated rings. The molecule has 0 amide bonds. The van der Waals surface area contributed by atoms with Gasteiger partial charge < -0.3 is 4.74 Å². The van der Waals surface area contributed by atoms with Crippen molar-refractivity contribution in [3.63, 3.8) is 0 Å². The Hall–Kier alpha value is -1.24. The lowest BCUT2D eigenvalue weighted by Crippen LogP contribution is -2.18. The molecule has 1 atom stereocenters. The van der Waals surface area contributed by atoms with Gasteiger partial charge in [-0.1, -0.05) is 18.7 Å². The molecule has 2 rings (SSSR count). The summed E-state index contributed by atoms with van der Waals surface area (Å²) in [7, 11) is 1.72. The molecule has 0 spiro atoms. The van der Waals surface area contributed by atoms with Crippen LogP contribution in [-0.4, -0.2) is 7.11 Å². The normalized spacial score (nSPS) is 19.1. The van der Waals surface area contributed by atoms with E-state index in [0.717, 1.165) is 18.6 Å². The summed E-state index contributed by atoms with van der Waals surface area (Å²) >= 11 is 0. The average Bonchev–Trinajstić information content (AvgIpc) is 2.32. The Morgan fingerprint density at radius 3 is 2.50 bits per heavy atom. The average molecular weight is 216 g/mol. The second-order valence-corrected chi connectivity index (χ2v) is 4.77. The van der Waals surface area contributed by atoms with Gasteiger partial charge in [-0.05, 0) is 55.4 Å². The number of aryl methyl sites for hydroxylation is 2. The summed E-state index contributed by atoms with van der Waals surface area (Å²) in [5, 5.41) is 0. The Kier molecular flexibility index (Phi) is 3.04. The van der Waals surface area contributed by atoms with Gasteiger partial charge in [-0.25, -0.2) is 0 Å². The first-order valence-electron chi connectivity index (χ1n) is 5.94. The Morgan fingerprint density at radius 1 is 1.25 bits per heavy atom. The largest absolute Gasteiger partial charge is 0.501 e. The van der Waals surface area contributed by atoms with Crippen molar-refractivity contribution >= 4 is 0 Å². The van der Waals surface area contributed by atoms with Crippen molar-refractivity contribution in [1.82, 2.24) is 0 Å². The molecule has 1 heteroatoms. The number of ether oxygens (including phenoxy) is 1. The van der Waals surface area contributed by atoms with Crippen LogP contribution in [0, 0.1) is 19.8 Å². The molecule has 0 heterocycles. The predicted molar refractivity (Wildman–Crippen MR) is 67.6 cm³/mol. The van der Waals surface area contributed by atoms with Crippen LogP contribution in [0.4, 0.5) is 0 Å². The molecule has 1 aromatic rings. The zero-order chi connectivity index (χ0) is 11.7. The topological polar surface area (TPSA) is 9.23 Å². The fourth-order valence-electron chi connectivity index (χ4n) is 2.67. The molecule has 86 valence electrons. The molecule has 0 N–H and O–H groups in total. The van der Waals surface area contributed by atoms with Crippen molar-refractivity contribution in [2.75, 3.05) is 7.11 Å². The maximum atomic E-state index is 5.28. The van der Waals surface area contributed by atoms with Crippen molar-refractivity contribution in [2.45, 2.75) is 33.1 Å². The lowest BCUT2D eigenvalue weighted by molar-refractivity contribution is 0.233. The minimum absolute atomic E-state index is 0.498. The van der Waals surface area contributed by atoms with Crippen molar-refractivity contribution < 1.29 is 4.74 Å². The molecule has 0 aliphatic heterocycles. The van der Waals surface area contributed by atoms with Gasteiger partial charge >= 0.3 is 0 Å². The van der Waals surface area contributed by atoms with Gasteiger partial charge in [0.1, 0.15) is 0 Å². The van der Waals surface area contributed by atoms with Gasteiger partial charge in [-0.15, -0.1) is 0 Å². The summed E-state index contributed by atoms with van der Waals surface area (Å²) in [6.45, 7) is 8.42. The molecule has 1 nitrogen and oxygen atoms in total. The fourth-order valence-corrected chi connectivity index (χ4v) is 2.67. The van der Waals surface area contributed by atoms with Crippen LogP contribution in [0.5, 0.6) is 0 Å². The number of rotatable bonds is 2. The zero-order valence-electron chi connectivity index (χ0n) is 10.5. The minimum Gasteiger partial charge on any atom is -0.501 e.